The van der Waals surface area contributed by atoms with Crippen LogP contribution in [0.25, 0.3) is 0 Å². The van der Waals surface area contributed by atoms with Gasteiger partial charge in [-0.25, -0.2) is 0 Å². The Morgan fingerprint density at radius 3 is 2.42 bits per heavy atom. The highest BCUT2D eigenvalue weighted by molar-refractivity contribution is 6.36. The minimum atomic E-state index is -4.58. The number of hydrogen-bond donors (Lipinski definition) is 2. The number of hydrogen-bond acceptors (Lipinski definition) is 3. The van der Waals surface area contributed by atoms with Crippen LogP contribution in [0, 0.1) is 11.3 Å². The molecule has 0 aromatic heterocycles. The van der Waals surface area contributed by atoms with Gasteiger partial charge in [0.15, 0.2) is 0 Å². The molecule has 2 aromatic rings. The van der Waals surface area contributed by atoms with Crippen molar-refractivity contribution in [2.24, 2.45) is 0 Å². The molecular weight excluding hydrogens is 390 g/mol. The summed E-state index contributed by atoms with van der Waals surface area (Å²) in [5.41, 5.74) is -1.44. The Bertz CT molecular complexity index is 905. The standard InChI is InChI=1S/C17H10Cl2F3N3O/c18-11-5-6-15(13(19)7-11)25-16(26)10(8-23)9-24-14-4-2-1-3-12(14)17(20,21)22/h1-7,9,24H,(H,25,26)/b10-9-. The summed E-state index contributed by atoms with van der Waals surface area (Å²) < 4.78 is 38.8. The molecule has 0 saturated heterocycles. The third-order valence-corrected chi connectivity index (χ3v) is 3.70. The quantitative estimate of drug-likeness (QED) is 0.529. The summed E-state index contributed by atoms with van der Waals surface area (Å²) in [5, 5.41) is 14.3. The highest BCUT2D eigenvalue weighted by atomic mass is 35.5. The van der Waals surface area contributed by atoms with Crippen molar-refractivity contribution < 1.29 is 18.0 Å². The van der Waals surface area contributed by atoms with E-state index in [4.69, 9.17) is 28.5 Å². The Morgan fingerprint density at radius 1 is 1.12 bits per heavy atom. The van der Waals surface area contributed by atoms with Crippen molar-refractivity contribution in [3.63, 3.8) is 0 Å². The van der Waals surface area contributed by atoms with E-state index >= 15 is 0 Å². The molecule has 2 aromatic carbocycles. The molecule has 1 amide bonds. The first-order valence-electron chi connectivity index (χ1n) is 7.02. The van der Waals surface area contributed by atoms with E-state index < -0.39 is 23.2 Å². The number of carbonyl (C=O) groups is 1. The smallest absolute Gasteiger partial charge is 0.360 e. The first-order valence-corrected chi connectivity index (χ1v) is 7.77. The Kier molecular flexibility index (Phi) is 6.14. The van der Waals surface area contributed by atoms with Crippen molar-refractivity contribution in [2.75, 3.05) is 10.6 Å². The van der Waals surface area contributed by atoms with E-state index in [9.17, 15) is 18.0 Å². The molecule has 0 aliphatic carbocycles. The molecule has 0 unspecified atom stereocenters. The average molecular weight is 400 g/mol. The molecule has 2 rings (SSSR count). The number of para-hydroxylation sites is 1. The zero-order valence-electron chi connectivity index (χ0n) is 12.9. The lowest BCUT2D eigenvalue weighted by atomic mass is 10.1. The maximum absolute atomic E-state index is 12.9. The fraction of sp³-hybridized carbons (Fsp3) is 0.0588. The van der Waals surface area contributed by atoms with Gasteiger partial charge < -0.3 is 10.6 Å². The molecule has 0 radical (unpaired) electrons. The fourth-order valence-electron chi connectivity index (χ4n) is 1.94. The van der Waals surface area contributed by atoms with Gasteiger partial charge in [-0.15, -0.1) is 0 Å². The highest BCUT2D eigenvalue weighted by Gasteiger charge is 2.33. The third-order valence-electron chi connectivity index (χ3n) is 3.15. The molecule has 0 bridgehead atoms. The van der Waals surface area contributed by atoms with Crippen LogP contribution in [0.5, 0.6) is 0 Å². The van der Waals surface area contributed by atoms with Crippen molar-refractivity contribution in [1.29, 1.82) is 5.26 Å². The number of amides is 1. The number of nitrogens with one attached hydrogen (secondary N) is 2. The Morgan fingerprint density at radius 2 is 1.81 bits per heavy atom. The monoisotopic (exact) mass is 399 g/mol. The number of carbonyl (C=O) groups excluding carboxylic acids is 1. The first-order chi connectivity index (χ1) is 12.2. The van der Waals surface area contributed by atoms with Crippen LogP contribution in [0.4, 0.5) is 24.5 Å². The van der Waals surface area contributed by atoms with Crippen molar-refractivity contribution in [1.82, 2.24) is 0 Å². The predicted molar refractivity (Wildman–Crippen MR) is 93.9 cm³/mol. The summed E-state index contributed by atoms with van der Waals surface area (Å²) in [7, 11) is 0. The number of rotatable bonds is 4. The van der Waals surface area contributed by atoms with E-state index in [0.29, 0.717) is 5.02 Å². The van der Waals surface area contributed by atoms with Gasteiger partial charge in [-0.1, -0.05) is 35.3 Å². The molecule has 0 spiro atoms. The van der Waals surface area contributed by atoms with E-state index in [1.54, 1.807) is 6.07 Å². The van der Waals surface area contributed by atoms with Gasteiger partial charge in [0, 0.05) is 11.2 Å². The summed E-state index contributed by atoms with van der Waals surface area (Å²) in [5.74, 6) is -0.839. The Labute approximate surface area is 156 Å². The van der Waals surface area contributed by atoms with Crippen molar-refractivity contribution >= 4 is 40.5 Å². The lowest BCUT2D eigenvalue weighted by molar-refractivity contribution is -0.136. The van der Waals surface area contributed by atoms with Crippen molar-refractivity contribution in [2.45, 2.75) is 6.18 Å². The zero-order chi connectivity index (χ0) is 19.3. The lowest BCUT2D eigenvalue weighted by Crippen LogP contribution is -2.15. The molecule has 0 atom stereocenters. The topological polar surface area (TPSA) is 64.9 Å². The predicted octanol–water partition coefficient (Wildman–Crippen LogP) is 5.47. The van der Waals surface area contributed by atoms with Gasteiger partial charge in [-0.2, -0.15) is 18.4 Å². The average Bonchev–Trinajstić information content (AvgIpc) is 2.57. The number of nitrogens with zero attached hydrogens (tertiary/aromatic N) is 1. The largest absolute Gasteiger partial charge is 0.418 e. The summed E-state index contributed by atoms with van der Waals surface area (Å²) in [6.07, 6.45) is -3.69. The van der Waals surface area contributed by atoms with Crippen LogP contribution in [-0.4, -0.2) is 5.91 Å². The van der Waals surface area contributed by atoms with E-state index in [2.05, 4.69) is 10.6 Å². The van der Waals surface area contributed by atoms with Crippen LogP contribution in [-0.2, 0) is 11.0 Å². The van der Waals surface area contributed by atoms with Gasteiger partial charge in [0.2, 0.25) is 0 Å². The van der Waals surface area contributed by atoms with Gasteiger partial charge in [0.05, 0.1) is 22.0 Å². The molecule has 9 heteroatoms. The Hall–Kier alpha value is -2.69. The second-order valence-corrected chi connectivity index (χ2v) is 5.78. The van der Waals surface area contributed by atoms with Gasteiger partial charge in [-0.3, -0.25) is 4.79 Å². The number of benzene rings is 2. The molecule has 0 aliphatic heterocycles. The molecular formula is C17H10Cl2F3N3O. The van der Waals surface area contributed by atoms with E-state index in [-0.39, 0.29) is 16.4 Å². The Balaban J connectivity index is 2.21. The minimum Gasteiger partial charge on any atom is -0.360 e. The van der Waals surface area contributed by atoms with Crippen LogP contribution in [0.15, 0.2) is 54.2 Å². The summed E-state index contributed by atoms with van der Waals surface area (Å²) in [4.78, 5) is 12.1. The van der Waals surface area contributed by atoms with Crippen LogP contribution in [0.1, 0.15) is 5.56 Å². The van der Waals surface area contributed by atoms with Gasteiger partial charge >= 0.3 is 6.18 Å². The minimum absolute atomic E-state index is 0.151. The van der Waals surface area contributed by atoms with E-state index in [0.717, 1.165) is 12.3 Å². The number of halogens is 5. The van der Waals surface area contributed by atoms with Crippen molar-refractivity contribution in [3.05, 3.63) is 69.8 Å². The van der Waals surface area contributed by atoms with E-state index in [1.807, 2.05) is 0 Å². The number of anilines is 2. The first kappa shape index (κ1) is 19.6. The van der Waals surface area contributed by atoms with Crippen LogP contribution in [0.3, 0.4) is 0 Å². The normalized spacial score (nSPS) is 11.6. The van der Waals surface area contributed by atoms with Crippen LogP contribution < -0.4 is 10.6 Å². The zero-order valence-corrected chi connectivity index (χ0v) is 14.4. The fourth-order valence-corrected chi connectivity index (χ4v) is 2.39. The van der Waals surface area contributed by atoms with E-state index in [1.165, 1.54) is 36.4 Å². The second kappa shape index (κ2) is 8.13. The molecule has 134 valence electrons. The van der Waals surface area contributed by atoms with Gasteiger partial charge in [-0.05, 0) is 30.3 Å². The molecule has 4 nitrogen and oxygen atoms in total. The van der Waals surface area contributed by atoms with Crippen LogP contribution in [0.2, 0.25) is 10.0 Å². The van der Waals surface area contributed by atoms with Crippen LogP contribution >= 0.6 is 23.2 Å². The lowest BCUT2D eigenvalue weighted by Gasteiger charge is -2.12. The highest BCUT2D eigenvalue weighted by Crippen LogP contribution is 2.34. The SMILES string of the molecule is N#C/C(=C/Nc1ccccc1C(F)(F)F)C(=O)Nc1ccc(Cl)cc1Cl. The summed E-state index contributed by atoms with van der Waals surface area (Å²) >= 11 is 11.7. The summed E-state index contributed by atoms with van der Waals surface area (Å²) in [6, 6.07) is 10.6. The molecule has 0 aliphatic rings. The molecule has 0 saturated carbocycles. The van der Waals surface area contributed by atoms with Gasteiger partial charge in [0.1, 0.15) is 11.6 Å². The maximum atomic E-state index is 12.9. The van der Waals surface area contributed by atoms with Gasteiger partial charge in [0.25, 0.3) is 5.91 Å². The number of alkyl halides is 3. The maximum Gasteiger partial charge on any atom is 0.418 e. The molecule has 0 fully saturated rings. The third kappa shape index (κ3) is 4.91. The molecule has 2 N–H and O–H groups in total. The molecule has 26 heavy (non-hydrogen) atoms. The molecule has 0 heterocycles. The van der Waals surface area contributed by atoms with Crippen molar-refractivity contribution in [3.8, 4) is 6.07 Å². The summed E-state index contributed by atoms with van der Waals surface area (Å²) in [6.45, 7) is 0. The number of nitriles is 1. The second-order valence-electron chi connectivity index (χ2n) is 4.94.